The van der Waals surface area contributed by atoms with E-state index < -0.39 is 17.8 Å². The summed E-state index contributed by atoms with van der Waals surface area (Å²) in [6.07, 6.45) is 3.07. The molecule has 0 spiro atoms. The molecule has 1 aromatic rings. The van der Waals surface area contributed by atoms with Crippen LogP contribution < -0.4 is 0 Å². The summed E-state index contributed by atoms with van der Waals surface area (Å²) in [6, 6.07) is 7.15. The first kappa shape index (κ1) is 21.0. The lowest BCUT2D eigenvalue weighted by atomic mass is 9.85. The molecule has 26 heavy (non-hydrogen) atoms. The largest absolute Gasteiger partial charge is 0.466 e. The van der Waals surface area contributed by atoms with E-state index in [-0.39, 0.29) is 12.9 Å². The molecule has 1 aromatic carbocycles. The molecule has 3 unspecified atom stereocenters. The maximum Gasteiger partial charge on any atom is 0.310 e. The molecule has 0 radical (unpaired) electrons. The monoisotopic (exact) mass is 399 g/mol. The van der Waals surface area contributed by atoms with Crippen LogP contribution in [0.15, 0.2) is 18.2 Å². The molecule has 1 aliphatic heterocycles. The van der Waals surface area contributed by atoms with E-state index in [1.54, 1.807) is 25.1 Å². The Bertz CT molecular complexity index is 641. The van der Waals surface area contributed by atoms with Gasteiger partial charge in [-0.15, -0.1) is 0 Å². The second kappa shape index (κ2) is 10.7. The van der Waals surface area contributed by atoms with E-state index in [4.69, 9.17) is 37.4 Å². The van der Waals surface area contributed by atoms with Crippen molar-refractivity contribution in [2.24, 2.45) is 5.92 Å². The first-order valence-corrected chi connectivity index (χ1v) is 9.56. The Morgan fingerprint density at radius 2 is 2.19 bits per heavy atom. The minimum absolute atomic E-state index is 0.239. The first-order valence-electron chi connectivity index (χ1n) is 8.81. The van der Waals surface area contributed by atoms with Gasteiger partial charge in [0.25, 0.3) is 0 Å². The van der Waals surface area contributed by atoms with Crippen molar-refractivity contribution >= 4 is 29.2 Å². The molecule has 0 aliphatic carbocycles. The predicted molar refractivity (Wildman–Crippen MR) is 99.1 cm³/mol. The van der Waals surface area contributed by atoms with Crippen LogP contribution in [0.25, 0.3) is 0 Å². The lowest BCUT2D eigenvalue weighted by molar-refractivity contribution is -0.168. The maximum atomic E-state index is 12.4. The van der Waals surface area contributed by atoms with Crippen LogP contribution in [0.1, 0.15) is 44.1 Å². The molecule has 142 valence electrons. The fourth-order valence-electron chi connectivity index (χ4n) is 2.94. The summed E-state index contributed by atoms with van der Waals surface area (Å²) in [5, 5.41) is 10.4. The number of carbonyl (C=O) groups is 1. The predicted octanol–water partition coefficient (Wildman–Crippen LogP) is 4.71. The summed E-state index contributed by atoms with van der Waals surface area (Å²) in [5.41, 5.74) is 0.633. The summed E-state index contributed by atoms with van der Waals surface area (Å²) >= 11 is 12.0. The van der Waals surface area contributed by atoms with E-state index in [9.17, 15) is 10.1 Å². The number of nitriles is 1. The highest BCUT2D eigenvalue weighted by Gasteiger charge is 2.31. The molecule has 5 nitrogen and oxygen atoms in total. The van der Waals surface area contributed by atoms with Crippen molar-refractivity contribution in [3.63, 3.8) is 0 Å². The molecular formula is C19H23Cl2NO4. The zero-order valence-electron chi connectivity index (χ0n) is 14.7. The lowest BCUT2D eigenvalue weighted by Crippen LogP contribution is -2.28. The number of carbonyl (C=O) groups excluding carboxylic acids is 1. The Morgan fingerprint density at radius 1 is 1.38 bits per heavy atom. The Labute approximate surface area is 164 Å². The first-order chi connectivity index (χ1) is 12.6. The van der Waals surface area contributed by atoms with Gasteiger partial charge in [-0.25, -0.2) is 0 Å². The van der Waals surface area contributed by atoms with Gasteiger partial charge in [-0.2, -0.15) is 5.26 Å². The number of hydrogen-bond acceptors (Lipinski definition) is 5. The quantitative estimate of drug-likeness (QED) is 0.591. The SMILES string of the molecule is CCOC(=O)C(CCOC1CCCCO1)C(C#N)c1ccc(Cl)c(Cl)c1. The van der Waals surface area contributed by atoms with Gasteiger partial charge in [0.15, 0.2) is 6.29 Å². The number of hydrogen-bond donors (Lipinski definition) is 0. The molecule has 0 saturated carbocycles. The van der Waals surface area contributed by atoms with Gasteiger partial charge in [0.1, 0.15) is 0 Å². The number of halogens is 2. The smallest absolute Gasteiger partial charge is 0.310 e. The molecule has 1 fully saturated rings. The van der Waals surface area contributed by atoms with Crippen molar-refractivity contribution in [2.75, 3.05) is 19.8 Å². The normalized spacial score (nSPS) is 19.4. The highest BCUT2D eigenvalue weighted by Crippen LogP contribution is 2.32. The highest BCUT2D eigenvalue weighted by molar-refractivity contribution is 6.42. The molecular weight excluding hydrogens is 377 g/mol. The Kier molecular flexibility index (Phi) is 8.67. The van der Waals surface area contributed by atoms with Gasteiger partial charge in [-0.1, -0.05) is 29.3 Å². The summed E-state index contributed by atoms with van der Waals surface area (Å²) < 4.78 is 16.4. The number of rotatable bonds is 8. The standard InChI is InChI=1S/C19H23Cl2NO4/c1-2-24-19(23)14(8-10-26-18-5-3-4-9-25-18)15(12-22)13-6-7-16(20)17(21)11-13/h6-7,11,14-15,18H,2-5,8-10H2,1H3. The molecule has 1 aliphatic rings. The maximum absolute atomic E-state index is 12.4. The average molecular weight is 400 g/mol. The fraction of sp³-hybridized carbons (Fsp3) is 0.579. The van der Waals surface area contributed by atoms with Gasteiger partial charge in [0, 0.05) is 6.61 Å². The van der Waals surface area contributed by atoms with Crippen LogP contribution in [0, 0.1) is 17.2 Å². The molecule has 7 heteroatoms. The van der Waals surface area contributed by atoms with Crippen LogP contribution in [0.4, 0.5) is 0 Å². The van der Waals surface area contributed by atoms with Gasteiger partial charge in [0.2, 0.25) is 0 Å². The summed E-state index contributed by atoms with van der Waals surface area (Å²) in [7, 11) is 0. The topological polar surface area (TPSA) is 68.6 Å². The van der Waals surface area contributed by atoms with Gasteiger partial charge in [-0.05, 0) is 50.3 Å². The second-order valence-electron chi connectivity index (χ2n) is 6.09. The molecule has 0 aromatic heterocycles. The second-order valence-corrected chi connectivity index (χ2v) is 6.91. The van der Waals surface area contributed by atoms with Crippen molar-refractivity contribution < 1.29 is 19.0 Å². The minimum Gasteiger partial charge on any atom is -0.466 e. The molecule has 1 saturated heterocycles. The van der Waals surface area contributed by atoms with E-state index in [0.717, 1.165) is 19.3 Å². The van der Waals surface area contributed by atoms with Crippen LogP contribution in [0.5, 0.6) is 0 Å². The Hall–Kier alpha value is -1.32. The summed E-state index contributed by atoms with van der Waals surface area (Å²) in [5.74, 6) is -1.77. The van der Waals surface area contributed by atoms with Crippen LogP contribution in [0.3, 0.4) is 0 Å². The van der Waals surface area contributed by atoms with Crippen molar-refractivity contribution in [2.45, 2.75) is 44.8 Å². The molecule has 1 heterocycles. The number of benzene rings is 1. The van der Waals surface area contributed by atoms with Crippen LogP contribution in [0.2, 0.25) is 10.0 Å². The van der Waals surface area contributed by atoms with Crippen molar-refractivity contribution in [3.8, 4) is 6.07 Å². The Morgan fingerprint density at radius 3 is 2.81 bits per heavy atom. The minimum atomic E-state index is -0.695. The van der Waals surface area contributed by atoms with Gasteiger partial charge in [-0.3, -0.25) is 4.79 Å². The van der Waals surface area contributed by atoms with Gasteiger partial charge in [0.05, 0.1) is 41.2 Å². The van der Waals surface area contributed by atoms with Crippen LogP contribution in [-0.2, 0) is 19.0 Å². The average Bonchev–Trinajstić information content (AvgIpc) is 2.65. The number of esters is 1. The molecule has 2 rings (SSSR count). The molecule has 0 N–H and O–H groups in total. The summed E-state index contributed by atoms with van der Waals surface area (Å²) in [6.45, 7) is 2.99. The molecule has 3 atom stereocenters. The van der Waals surface area contributed by atoms with Crippen molar-refractivity contribution in [3.05, 3.63) is 33.8 Å². The van der Waals surface area contributed by atoms with Crippen molar-refractivity contribution in [1.29, 1.82) is 5.26 Å². The summed E-state index contributed by atoms with van der Waals surface area (Å²) in [4.78, 5) is 12.4. The fourth-order valence-corrected chi connectivity index (χ4v) is 3.25. The number of nitrogens with zero attached hydrogens (tertiary/aromatic N) is 1. The third-order valence-electron chi connectivity index (χ3n) is 4.30. The molecule has 0 amide bonds. The zero-order valence-corrected chi connectivity index (χ0v) is 16.3. The van der Waals surface area contributed by atoms with Gasteiger partial charge < -0.3 is 14.2 Å². The van der Waals surface area contributed by atoms with Crippen LogP contribution >= 0.6 is 23.2 Å². The van der Waals surface area contributed by atoms with E-state index in [1.807, 2.05) is 0 Å². The van der Waals surface area contributed by atoms with E-state index in [1.165, 1.54) is 0 Å². The van der Waals surface area contributed by atoms with E-state index in [2.05, 4.69) is 6.07 Å². The third kappa shape index (κ3) is 5.85. The van der Waals surface area contributed by atoms with E-state index in [0.29, 0.717) is 35.2 Å². The lowest BCUT2D eigenvalue weighted by Gasteiger charge is -2.25. The third-order valence-corrected chi connectivity index (χ3v) is 5.04. The number of ether oxygens (including phenoxy) is 3. The van der Waals surface area contributed by atoms with E-state index >= 15 is 0 Å². The van der Waals surface area contributed by atoms with Crippen molar-refractivity contribution in [1.82, 2.24) is 0 Å². The zero-order chi connectivity index (χ0) is 18.9. The van der Waals surface area contributed by atoms with Crippen LogP contribution in [-0.4, -0.2) is 32.1 Å². The van der Waals surface area contributed by atoms with Gasteiger partial charge >= 0.3 is 5.97 Å². The molecule has 0 bridgehead atoms. The highest BCUT2D eigenvalue weighted by atomic mass is 35.5. The Balaban J connectivity index is 2.09.